The maximum absolute atomic E-state index is 12.4. The Morgan fingerprint density at radius 1 is 1.26 bits per heavy atom. The topological polar surface area (TPSA) is 32.3 Å². The van der Waals surface area contributed by atoms with Gasteiger partial charge in [-0.2, -0.15) is 0 Å². The maximum atomic E-state index is 12.4. The smallest absolute Gasteiger partial charge is 0.243 e. The summed E-state index contributed by atoms with van der Waals surface area (Å²) in [6.45, 7) is 5.30. The summed E-state index contributed by atoms with van der Waals surface area (Å²) < 4.78 is 0. The van der Waals surface area contributed by atoms with Crippen LogP contribution in [0.15, 0.2) is 36.4 Å². The molecule has 2 aromatic carbocycles. The molecule has 120 valence electrons. The SMILES string of the molecule is Cc1ccc2c(c1)CCCN2CC(=O)Nc1cccc(Cl)c1C. The summed E-state index contributed by atoms with van der Waals surface area (Å²) in [7, 11) is 0. The molecule has 1 N–H and O–H groups in total. The second-order valence-electron chi connectivity index (χ2n) is 6.12. The average molecular weight is 329 g/mol. The quantitative estimate of drug-likeness (QED) is 0.908. The molecule has 4 heteroatoms. The molecule has 23 heavy (non-hydrogen) atoms. The molecular formula is C19H21ClN2O. The number of carbonyl (C=O) groups is 1. The summed E-state index contributed by atoms with van der Waals surface area (Å²) >= 11 is 6.11. The van der Waals surface area contributed by atoms with Gasteiger partial charge in [-0.05, 0) is 56.0 Å². The van der Waals surface area contributed by atoms with Crippen molar-refractivity contribution in [3.05, 3.63) is 58.1 Å². The van der Waals surface area contributed by atoms with Crippen molar-refractivity contribution < 1.29 is 4.79 Å². The van der Waals surface area contributed by atoms with Crippen LogP contribution in [0.3, 0.4) is 0 Å². The molecule has 3 rings (SSSR count). The average Bonchev–Trinajstić information content (AvgIpc) is 2.52. The highest BCUT2D eigenvalue weighted by molar-refractivity contribution is 6.31. The molecule has 1 amide bonds. The molecule has 0 saturated heterocycles. The molecule has 1 aliphatic rings. The molecule has 2 aromatic rings. The van der Waals surface area contributed by atoms with Gasteiger partial charge in [0.05, 0.1) is 6.54 Å². The number of anilines is 2. The summed E-state index contributed by atoms with van der Waals surface area (Å²) in [6, 6.07) is 12.0. The highest BCUT2D eigenvalue weighted by Gasteiger charge is 2.19. The molecule has 1 heterocycles. The lowest BCUT2D eigenvalue weighted by Gasteiger charge is -2.31. The molecule has 0 unspecified atom stereocenters. The molecule has 0 spiro atoms. The third kappa shape index (κ3) is 3.50. The van der Waals surface area contributed by atoms with Gasteiger partial charge in [0.25, 0.3) is 0 Å². The minimum Gasteiger partial charge on any atom is -0.362 e. The Morgan fingerprint density at radius 2 is 2.09 bits per heavy atom. The lowest BCUT2D eigenvalue weighted by molar-refractivity contribution is -0.115. The zero-order valence-corrected chi connectivity index (χ0v) is 14.3. The number of amides is 1. The van der Waals surface area contributed by atoms with E-state index in [-0.39, 0.29) is 5.91 Å². The number of benzene rings is 2. The summed E-state index contributed by atoms with van der Waals surface area (Å²) in [5.41, 5.74) is 5.47. The molecule has 0 bridgehead atoms. The minimum absolute atomic E-state index is 0.0104. The highest BCUT2D eigenvalue weighted by atomic mass is 35.5. The second kappa shape index (κ2) is 6.63. The number of aryl methyl sites for hydroxylation is 2. The first-order valence-electron chi connectivity index (χ1n) is 7.94. The Hall–Kier alpha value is -2.00. The lowest BCUT2D eigenvalue weighted by atomic mass is 9.99. The van der Waals surface area contributed by atoms with Gasteiger partial charge in [-0.15, -0.1) is 0 Å². The number of carbonyl (C=O) groups excluding carboxylic acids is 1. The van der Waals surface area contributed by atoms with Crippen LogP contribution in [0.4, 0.5) is 11.4 Å². The van der Waals surface area contributed by atoms with Gasteiger partial charge in [0.1, 0.15) is 0 Å². The summed E-state index contributed by atoms with van der Waals surface area (Å²) in [5.74, 6) is -0.0104. The van der Waals surface area contributed by atoms with Gasteiger partial charge < -0.3 is 10.2 Å². The largest absolute Gasteiger partial charge is 0.362 e. The first-order valence-corrected chi connectivity index (χ1v) is 8.32. The summed E-state index contributed by atoms with van der Waals surface area (Å²) in [5, 5.41) is 3.64. The molecular weight excluding hydrogens is 308 g/mol. The Morgan fingerprint density at radius 3 is 2.91 bits per heavy atom. The van der Waals surface area contributed by atoms with Crippen molar-refractivity contribution >= 4 is 28.9 Å². The Kier molecular flexibility index (Phi) is 4.58. The van der Waals surface area contributed by atoms with Gasteiger partial charge >= 0.3 is 0 Å². The molecule has 0 aliphatic carbocycles. The predicted octanol–water partition coefficient (Wildman–Crippen LogP) is 4.35. The van der Waals surface area contributed by atoms with Gasteiger partial charge in [-0.3, -0.25) is 4.79 Å². The molecule has 0 atom stereocenters. The molecule has 1 aliphatic heterocycles. The van der Waals surface area contributed by atoms with Crippen molar-refractivity contribution in [1.29, 1.82) is 0 Å². The van der Waals surface area contributed by atoms with Gasteiger partial charge in [0.2, 0.25) is 5.91 Å². The van der Waals surface area contributed by atoms with Gasteiger partial charge in [0.15, 0.2) is 0 Å². The fourth-order valence-corrected chi connectivity index (χ4v) is 3.25. The van der Waals surface area contributed by atoms with Crippen LogP contribution >= 0.6 is 11.6 Å². The van der Waals surface area contributed by atoms with Gasteiger partial charge in [-0.1, -0.05) is 35.4 Å². The number of nitrogens with one attached hydrogen (secondary N) is 1. The number of halogens is 1. The highest BCUT2D eigenvalue weighted by Crippen LogP contribution is 2.28. The maximum Gasteiger partial charge on any atom is 0.243 e. The van der Waals surface area contributed by atoms with E-state index in [0.29, 0.717) is 11.6 Å². The van der Waals surface area contributed by atoms with E-state index in [1.165, 1.54) is 16.8 Å². The van der Waals surface area contributed by atoms with Crippen LogP contribution in [-0.4, -0.2) is 19.0 Å². The second-order valence-corrected chi connectivity index (χ2v) is 6.53. The van der Waals surface area contributed by atoms with E-state index in [0.717, 1.165) is 30.6 Å². The van der Waals surface area contributed by atoms with Crippen LogP contribution in [0.2, 0.25) is 5.02 Å². The van der Waals surface area contributed by atoms with Crippen molar-refractivity contribution in [2.75, 3.05) is 23.3 Å². The number of rotatable bonds is 3. The number of hydrogen-bond acceptors (Lipinski definition) is 2. The first kappa shape index (κ1) is 15.9. The first-order chi connectivity index (χ1) is 11.0. The summed E-state index contributed by atoms with van der Waals surface area (Å²) in [4.78, 5) is 14.6. The van der Waals surface area contributed by atoms with E-state index >= 15 is 0 Å². The van der Waals surface area contributed by atoms with Crippen LogP contribution in [0.5, 0.6) is 0 Å². The minimum atomic E-state index is -0.0104. The molecule has 0 aromatic heterocycles. The zero-order valence-electron chi connectivity index (χ0n) is 13.5. The molecule has 0 fully saturated rings. The van der Waals surface area contributed by atoms with E-state index in [2.05, 4.69) is 35.3 Å². The normalized spacial score (nSPS) is 13.6. The monoisotopic (exact) mass is 328 g/mol. The molecule has 0 radical (unpaired) electrons. The fraction of sp³-hybridized carbons (Fsp3) is 0.316. The van der Waals surface area contributed by atoms with E-state index in [9.17, 15) is 4.79 Å². The van der Waals surface area contributed by atoms with E-state index in [1.54, 1.807) is 0 Å². The van der Waals surface area contributed by atoms with Crippen LogP contribution in [-0.2, 0) is 11.2 Å². The van der Waals surface area contributed by atoms with E-state index in [1.807, 2.05) is 25.1 Å². The van der Waals surface area contributed by atoms with E-state index in [4.69, 9.17) is 11.6 Å². The van der Waals surface area contributed by atoms with Gasteiger partial charge in [-0.25, -0.2) is 0 Å². The van der Waals surface area contributed by atoms with Crippen molar-refractivity contribution in [2.45, 2.75) is 26.7 Å². The Balaban J connectivity index is 1.73. The Bertz CT molecular complexity index is 742. The number of hydrogen-bond donors (Lipinski definition) is 1. The molecule has 0 saturated carbocycles. The van der Waals surface area contributed by atoms with Gasteiger partial charge in [0, 0.05) is 22.9 Å². The number of fused-ring (bicyclic) bond motifs is 1. The van der Waals surface area contributed by atoms with Crippen LogP contribution < -0.4 is 10.2 Å². The third-order valence-corrected chi connectivity index (χ3v) is 4.74. The third-order valence-electron chi connectivity index (χ3n) is 4.33. The number of nitrogens with zero attached hydrogens (tertiary/aromatic N) is 1. The molecule has 3 nitrogen and oxygen atoms in total. The van der Waals surface area contributed by atoms with E-state index < -0.39 is 0 Å². The lowest BCUT2D eigenvalue weighted by Crippen LogP contribution is -2.36. The standard InChI is InChI=1S/C19H21ClN2O/c1-13-8-9-18-15(11-13)5-4-10-22(18)12-19(23)21-17-7-3-6-16(20)14(17)2/h3,6-9,11H,4-5,10,12H2,1-2H3,(H,21,23). The van der Waals surface area contributed by atoms with Crippen molar-refractivity contribution in [3.8, 4) is 0 Å². The predicted molar refractivity (Wildman–Crippen MR) is 96.5 cm³/mol. The van der Waals surface area contributed by atoms with Crippen molar-refractivity contribution in [3.63, 3.8) is 0 Å². The fourth-order valence-electron chi connectivity index (χ4n) is 3.07. The van der Waals surface area contributed by atoms with Crippen LogP contribution in [0.25, 0.3) is 0 Å². The van der Waals surface area contributed by atoms with Crippen LogP contribution in [0.1, 0.15) is 23.1 Å². The summed E-state index contributed by atoms with van der Waals surface area (Å²) in [6.07, 6.45) is 2.17. The van der Waals surface area contributed by atoms with Crippen molar-refractivity contribution in [2.24, 2.45) is 0 Å². The Labute approximate surface area is 142 Å². The van der Waals surface area contributed by atoms with Crippen molar-refractivity contribution in [1.82, 2.24) is 0 Å². The zero-order chi connectivity index (χ0) is 16.4. The van der Waals surface area contributed by atoms with Crippen LogP contribution in [0, 0.1) is 13.8 Å².